The maximum Gasteiger partial charge on any atom is 0.268 e. The summed E-state index contributed by atoms with van der Waals surface area (Å²) >= 11 is 2.91. The molecule has 3 heterocycles. The summed E-state index contributed by atoms with van der Waals surface area (Å²) in [6.45, 7) is 2.99. The molecule has 1 aliphatic heterocycles. The van der Waals surface area contributed by atoms with E-state index in [-0.39, 0.29) is 17.2 Å². The molecular formula is C22H23N3O3S2. The van der Waals surface area contributed by atoms with Crippen molar-refractivity contribution < 1.29 is 9.21 Å². The first-order valence-corrected chi connectivity index (χ1v) is 11.7. The highest BCUT2D eigenvalue weighted by Crippen LogP contribution is 2.34. The van der Waals surface area contributed by atoms with Crippen molar-refractivity contribution in [3.05, 3.63) is 76.1 Å². The maximum absolute atomic E-state index is 13.2. The molecule has 1 aromatic carbocycles. The number of aryl methyl sites for hydroxylation is 1. The molecule has 3 aromatic rings. The SMILES string of the molecule is C[C@H]1Cc2nc(SCC(=O)NCc3ccco3)n(CCc3ccccc3)c(=O)c2S1. The molecule has 0 radical (unpaired) electrons. The summed E-state index contributed by atoms with van der Waals surface area (Å²) in [4.78, 5) is 30.9. The van der Waals surface area contributed by atoms with Crippen molar-refractivity contribution >= 4 is 29.4 Å². The average molecular weight is 442 g/mol. The summed E-state index contributed by atoms with van der Waals surface area (Å²) in [5.41, 5.74) is 2.02. The Morgan fingerprint density at radius 2 is 2.13 bits per heavy atom. The number of hydrogen-bond acceptors (Lipinski definition) is 6. The van der Waals surface area contributed by atoms with Crippen LogP contribution in [0, 0.1) is 0 Å². The van der Waals surface area contributed by atoms with Crippen LogP contribution in [0.15, 0.2) is 68.0 Å². The molecule has 8 heteroatoms. The molecule has 0 saturated carbocycles. The van der Waals surface area contributed by atoms with Crippen LogP contribution in [0.1, 0.15) is 23.9 Å². The number of thioether (sulfide) groups is 2. The van der Waals surface area contributed by atoms with Crippen LogP contribution in [-0.4, -0.2) is 26.5 Å². The van der Waals surface area contributed by atoms with Gasteiger partial charge in [0.2, 0.25) is 5.91 Å². The molecular weight excluding hydrogens is 418 g/mol. The highest BCUT2D eigenvalue weighted by molar-refractivity contribution is 8.00. The minimum Gasteiger partial charge on any atom is -0.467 e. The number of rotatable bonds is 8. The number of nitrogens with one attached hydrogen (secondary N) is 1. The van der Waals surface area contributed by atoms with Gasteiger partial charge in [-0.1, -0.05) is 49.0 Å². The first kappa shape index (κ1) is 20.8. The number of amides is 1. The van der Waals surface area contributed by atoms with Gasteiger partial charge in [-0.25, -0.2) is 4.98 Å². The average Bonchev–Trinajstić information content (AvgIpc) is 3.40. The zero-order chi connectivity index (χ0) is 20.9. The van der Waals surface area contributed by atoms with Gasteiger partial charge in [-0.05, 0) is 24.1 Å². The number of fused-ring (bicyclic) bond motifs is 1. The standard InChI is InChI=1S/C22H23N3O3S2/c1-15-12-18-20(30-15)21(27)25(10-9-16-6-3-2-4-7-16)22(24-18)29-14-19(26)23-13-17-8-5-11-28-17/h2-8,11,15H,9-10,12-14H2,1H3,(H,23,26)/t15-/m0/s1. The zero-order valence-corrected chi connectivity index (χ0v) is 18.3. The molecule has 0 aliphatic carbocycles. The lowest BCUT2D eigenvalue weighted by molar-refractivity contribution is -0.118. The number of aromatic nitrogens is 2. The molecule has 1 N–H and O–H groups in total. The molecule has 1 aliphatic rings. The number of carbonyl (C=O) groups excluding carboxylic acids is 1. The van der Waals surface area contributed by atoms with E-state index in [0.29, 0.717) is 29.3 Å². The second-order valence-corrected chi connectivity index (χ2v) is 9.53. The third kappa shape index (κ3) is 4.99. The monoisotopic (exact) mass is 441 g/mol. The van der Waals surface area contributed by atoms with Gasteiger partial charge in [-0.15, -0.1) is 11.8 Å². The zero-order valence-electron chi connectivity index (χ0n) is 16.7. The minimum atomic E-state index is -0.122. The van der Waals surface area contributed by atoms with Crippen LogP contribution >= 0.6 is 23.5 Å². The predicted octanol–water partition coefficient (Wildman–Crippen LogP) is 3.52. The van der Waals surface area contributed by atoms with Crippen molar-refractivity contribution in [3.63, 3.8) is 0 Å². The third-order valence-corrected chi connectivity index (χ3v) is 6.99. The lowest BCUT2D eigenvalue weighted by atomic mass is 10.1. The maximum atomic E-state index is 13.2. The van der Waals surface area contributed by atoms with Crippen LogP contribution in [-0.2, 0) is 30.7 Å². The first-order valence-electron chi connectivity index (χ1n) is 9.86. The smallest absolute Gasteiger partial charge is 0.268 e. The number of nitrogens with zero attached hydrogens (tertiary/aromatic N) is 2. The van der Waals surface area contributed by atoms with Crippen LogP contribution in [0.5, 0.6) is 0 Å². The van der Waals surface area contributed by atoms with Crippen LogP contribution in [0.4, 0.5) is 0 Å². The van der Waals surface area contributed by atoms with Crippen LogP contribution < -0.4 is 10.9 Å². The quantitative estimate of drug-likeness (QED) is 0.426. The molecule has 0 bridgehead atoms. The molecule has 1 atom stereocenters. The van der Waals surface area contributed by atoms with Gasteiger partial charge in [0.1, 0.15) is 5.76 Å². The summed E-state index contributed by atoms with van der Waals surface area (Å²) in [5.74, 6) is 0.776. The minimum absolute atomic E-state index is 0.00350. The van der Waals surface area contributed by atoms with E-state index in [1.807, 2.05) is 24.3 Å². The normalized spacial score (nSPS) is 15.2. The van der Waals surface area contributed by atoms with E-state index in [4.69, 9.17) is 9.40 Å². The molecule has 2 aromatic heterocycles. The van der Waals surface area contributed by atoms with E-state index in [1.54, 1.807) is 28.7 Å². The molecule has 0 spiro atoms. The van der Waals surface area contributed by atoms with Crippen LogP contribution in [0.25, 0.3) is 0 Å². The Morgan fingerprint density at radius 1 is 1.30 bits per heavy atom. The van der Waals surface area contributed by atoms with Crippen molar-refractivity contribution in [2.45, 2.75) is 48.2 Å². The van der Waals surface area contributed by atoms with Gasteiger partial charge in [0.15, 0.2) is 5.16 Å². The Hall–Kier alpha value is -2.45. The lowest BCUT2D eigenvalue weighted by Crippen LogP contribution is -2.28. The Labute approximate surface area is 183 Å². The van der Waals surface area contributed by atoms with E-state index < -0.39 is 0 Å². The van der Waals surface area contributed by atoms with E-state index in [1.165, 1.54) is 11.8 Å². The Morgan fingerprint density at radius 3 is 2.90 bits per heavy atom. The van der Waals surface area contributed by atoms with E-state index in [2.05, 4.69) is 24.4 Å². The second kappa shape index (κ2) is 9.57. The molecule has 1 amide bonds. The molecule has 0 saturated heterocycles. The van der Waals surface area contributed by atoms with E-state index in [0.717, 1.165) is 29.0 Å². The van der Waals surface area contributed by atoms with Crippen molar-refractivity contribution in [2.75, 3.05) is 5.75 Å². The largest absolute Gasteiger partial charge is 0.467 e. The van der Waals surface area contributed by atoms with Gasteiger partial charge in [0.25, 0.3) is 5.56 Å². The van der Waals surface area contributed by atoms with Gasteiger partial charge < -0.3 is 9.73 Å². The predicted molar refractivity (Wildman–Crippen MR) is 119 cm³/mol. The van der Waals surface area contributed by atoms with Crippen LogP contribution in [0.2, 0.25) is 0 Å². The summed E-state index contributed by atoms with van der Waals surface area (Å²) in [6.07, 6.45) is 3.10. The summed E-state index contributed by atoms with van der Waals surface area (Å²) < 4.78 is 6.96. The van der Waals surface area contributed by atoms with Crippen molar-refractivity contribution in [2.24, 2.45) is 0 Å². The first-order chi connectivity index (χ1) is 14.6. The van der Waals surface area contributed by atoms with Gasteiger partial charge >= 0.3 is 0 Å². The third-order valence-electron chi connectivity index (χ3n) is 4.80. The van der Waals surface area contributed by atoms with Gasteiger partial charge in [-0.3, -0.25) is 14.2 Å². The number of carbonyl (C=O) groups is 1. The summed E-state index contributed by atoms with van der Waals surface area (Å²) in [7, 11) is 0. The molecule has 4 rings (SSSR count). The van der Waals surface area contributed by atoms with E-state index in [9.17, 15) is 9.59 Å². The Balaban J connectivity index is 1.48. The highest BCUT2D eigenvalue weighted by Gasteiger charge is 2.26. The fraction of sp³-hybridized carbons (Fsp3) is 0.318. The van der Waals surface area contributed by atoms with Crippen LogP contribution in [0.3, 0.4) is 0 Å². The fourth-order valence-electron chi connectivity index (χ4n) is 3.30. The molecule has 0 unspecified atom stereocenters. The Kier molecular flexibility index (Phi) is 6.64. The molecule has 6 nitrogen and oxygen atoms in total. The van der Waals surface area contributed by atoms with Gasteiger partial charge in [0, 0.05) is 18.2 Å². The topological polar surface area (TPSA) is 77.1 Å². The summed E-state index contributed by atoms with van der Waals surface area (Å²) in [5, 5.41) is 3.79. The Bertz CT molecular complexity index is 1070. The number of hydrogen-bond donors (Lipinski definition) is 1. The van der Waals surface area contributed by atoms with E-state index >= 15 is 0 Å². The molecule has 0 fully saturated rings. The van der Waals surface area contributed by atoms with Gasteiger partial charge in [0.05, 0.1) is 29.2 Å². The molecule has 156 valence electrons. The summed E-state index contributed by atoms with van der Waals surface area (Å²) in [6, 6.07) is 13.7. The van der Waals surface area contributed by atoms with Gasteiger partial charge in [-0.2, -0.15) is 0 Å². The second-order valence-electron chi connectivity index (χ2n) is 7.14. The van der Waals surface area contributed by atoms with Crippen molar-refractivity contribution in [3.8, 4) is 0 Å². The number of furan rings is 1. The highest BCUT2D eigenvalue weighted by atomic mass is 32.2. The number of benzene rings is 1. The lowest BCUT2D eigenvalue weighted by Gasteiger charge is -2.13. The fourth-order valence-corrected chi connectivity index (χ4v) is 5.29. The molecule has 30 heavy (non-hydrogen) atoms. The van der Waals surface area contributed by atoms with Crippen molar-refractivity contribution in [1.29, 1.82) is 0 Å². The van der Waals surface area contributed by atoms with Crippen molar-refractivity contribution in [1.82, 2.24) is 14.9 Å².